The van der Waals surface area contributed by atoms with Gasteiger partial charge in [-0.1, -0.05) is 47.5 Å². The molecule has 0 saturated heterocycles. The molecule has 0 unspecified atom stereocenters. The normalized spacial score (nSPS) is 11.9. The molecule has 4 rings (SSSR count). The lowest BCUT2D eigenvalue weighted by atomic mass is 9.84. The summed E-state index contributed by atoms with van der Waals surface area (Å²) < 4.78 is 0. The number of anilines is 1. The molecule has 3 nitrogen and oxygen atoms in total. The molecule has 0 spiro atoms. The maximum Gasteiger partial charge on any atom is 0.102 e. The van der Waals surface area contributed by atoms with E-state index in [0.29, 0.717) is 32.5 Å². The number of benzene rings is 3. The molecule has 0 bridgehead atoms. The Labute approximate surface area is 170 Å². The standard InChI is InChI=1S/C21H11Cl2N3S/c22-11-5-6-12(17(23)7-11)19-14(8-24)21(26)15(9-25)20-13-3-1-2-4-18(13)27-10-16(19)20/h1-7H,10,26H2. The maximum absolute atomic E-state index is 9.81. The van der Waals surface area contributed by atoms with Gasteiger partial charge in [0.05, 0.1) is 16.8 Å². The fraction of sp³-hybridized carbons (Fsp3) is 0.0476. The summed E-state index contributed by atoms with van der Waals surface area (Å²) in [6.45, 7) is 0. The molecule has 0 aliphatic carbocycles. The number of hydrogen-bond donors (Lipinski definition) is 1. The molecular formula is C21H11Cl2N3S. The van der Waals surface area contributed by atoms with Crippen molar-refractivity contribution in [1.29, 1.82) is 10.5 Å². The molecular weight excluding hydrogens is 397 g/mol. The second-order valence-electron chi connectivity index (χ2n) is 6.02. The first-order valence-electron chi connectivity index (χ1n) is 8.03. The average Bonchev–Trinajstić information content (AvgIpc) is 2.67. The van der Waals surface area contributed by atoms with Crippen molar-refractivity contribution in [2.45, 2.75) is 10.6 Å². The summed E-state index contributed by atoms with van der Waals surface area (Å²) in [4.78, 5) is 1.08. The molecule has 0 fully saturated rings. The van der Waals surface area contributed by atoms with Crippen LogP contribution in [0.2, 0.25) is 10.0 Å². The minimum absolute atomic E-state index is 0.182. The van der Waals surface area contributed by atoms with Crippen LogP contribution in [0.4, 0.5) is 5.69 Å². The lowest BCUT2D eigenvalue weighted by Crippen LogP contribution is -2.08. The van der Waals surface area contributed by atoms with Crippen LogP contribution in [0.25, 0.3) is 22.3 Å². The summed E-state index contributed by atoms with van der Waals surface area (Å²) in [5, 5.41) is 20.5. The molecule has 0 atom stereocenters. The van der Waals surface area contributed by atoms with Crippen LogP contribution in [0.5, 0.6) is 0 Å². The molecule has 2 N–H and O–H groups in total. The topological polar surface area (TPSA) is 73.6 Å². The second-order valence-corrected chi connectivity index (χ2v) is 7.89. The number of nitriles is 2. The zero-order valence-electron chi connectivity index (χ0n) is 13.9. The first kappa shape index (κ1) is 17.8. The van der Waals surface area contributed by atoms with E-state index in [1.54, 1.807) is 30.0 Å². The van der Waals surface area contributed by atoms with Crippen molar-refractivity contribution >= 4 is 40.7 Å². The van der Waals surface area contributed by atoms with Gasteiger partial charge in [-0.25, -0.2) is 0 Å². The summed E-state index contributed by atoms with van der Waals surface area (Å²) in [7, 11) is 0. The molecule has 3 aromatic carbocycles. The fourth-order valence-corrected chi connectivity index (χ4v) is 5.03. The van der Waals surface area contributed by atoms with Gasteiger partial charge in [-0.15, -0.1) is 11.8 Å². The van der Waals surface area contributed by atoms with Gasteiger partial charge in [0.25, 0.3) is 0 Å². The van der Waals surface area contributed by atoms with E-state index in [9.17, 15) is 10.5 Å². The van der Waals surface area contributed by atoms with E-state index in [0.717, 1.165) is 21.6 Å². The fourth-order valence-electron chi connectivity index (χ4n) is 3.43. The predicted molar refractivity (Wildman–Crippen MR) is 111 cm³/mol. The SMILES string of the molecule is N#Cc1c(N)c(C#N)c2c(c1-c1ccc(Cl)cc1Cl)CSc1ccccc1-2. The zero-order chi connectivity index (χ0) is 19.1. The van der Waals surface area contributed by atoms with Gasteiger partial charge in [-0.2, -0.15) is 10.5 Å². The summed E-state index contributed by atoms with van der Waals surface area (Å²) in [6.07, 6.45) is 0. The van der Waals surface area contributed by atoms with Gasteiger partial charge in [0.2, 0.25) is 0 Å². The number of halogens is 2. The lowest BCUT2D eigenvalue weighted by Gasteiger charge is -2.26. The van der Waals surface area contributed by atoms with E-state index in [2.05, 4.69) is 12.1 Å². The third-order valence-electron chi connectivity index (χ3n) is 4.59. The highest BCUT2D eigenvalue weighted by Crippen LogP contribution is 2.50. The Balaban J connectivity index is 2.18. The van der Waals surface area contributed by atoms with Crippen LogP contribution in [0, 0.1) is 22.7 Å². The Bertz CT molecular complexity index is 1190. The van der Waals surface area contributed by atoms with E-state index in [-0.39, 0.29) is 11.3 Å². The smallest absolute Gasteiger partial charge is 0.102 e. The number of thioether (sulfide) groups is 1. The minimum atomic E-state index is 0.182. The molecule has 1 heterocycles. The third-order valence-corrected chi connectivity index (χ3v) is 6.24. The highest BCUT2D eigenvalue weighted by Gasteiger charge is 2.29. The van der Waals surface area contributed by atoms with E-state index in [1.165, 1.54) is 0 Å². The number of rotatable bonds is 1. The summed E-state index contributed by atoms with van der Waals surface area (Å²) in [5.74, 6) is 0.615. The Morgan fingerprint density at radius 3 is 2.26 bits per heavy atom. The van der Waals surface area contributed by atoms with E-state index >= 15 is 0 Å². The van der Waals surface area contributed by atoms with Crippen LogP contribution in [0.15, 0.2) is 47.4 Å². The van der Waals surface area contributed by atoms with Crippen molar-refractivity contribution in [3.63, 3.8) is 0 Å². The second kappa shape index (κ2) is 6.83. The number of nitrogens with zero attached hydrogens (tertiary/aromatic N) is 2. The van der Waals surface area contributed by atoms with E-state index in [1.807, 2.05) is 24.3 Å². The van der Waals surface area contributed by atoms with Crippen molar-refractivity contribution < 1.29 is 0 Å². The Hall–Kier alpha value is -2.63. The maximum atomic E-state index is 9.81. The van der Waals surface area contributed by atoms with Crippen molar-refractivity contribution in [1.82, 2.24) is 0 Å². The summed E-state index contributed by atoms with van der Waals surface area (Å²) >= 11 is 14.2. The van der Waals surface area contributed by atoms with Crippen LogP contribution in [-0.4, -0.2) is 0 Å². The number of nitrogen functional groups attached to an aromatic ring is 1. The number of fused-ring (bicyclic) bond motifs is 3. The molecule has 0 radical (unpaired) electrons. The van der Waals surface area contributed by atoms with Gasteiger partial charge in [-0.3, -0.25) is 0 Å². The van der Waals surface area contributed by atoms with Crippen molar-refractivity contribution in [2.75, 3.05) is 5.73 Å². The van der Waals surface area contributed by atoms with Crippen molar-refractivity contribution in [3.8, 4) is 34.4 Å². The highest BCUT2D eigenvalue weighted by atomic mass is 35.5. The molecule has 0 aromatic heterocycles. The Kier molecular flexibility index (Phi) is 4.50. The predicted octanol–water partition coefficient (Wildman–Crippen LogP) is 6.26. The van der Waals surface area contributed by atoms with Gasteiger partial charge in [0, 0.05) is 37.4 Å². The van der Waals surface area contributed by atoms with Crippen molar-refractivity contribution in [2.24, 2.45) is 0 Å². The Morgan fingerprint density at radius 1 is 0.926 bits per heavy atom. The van der Waals surface area contributed by atoms with E-state index in [4.69, 9.17) is 28.9 Å². The van der Waals surface area contributed by atoms with Gasteiger partial charge in [-0.05, 0) is 29.3 Å². The largest absolute Gasteiger partial charge is 0.397 e. The monoisotopic (exact) mass is 407 g/mol. The van der Waals surface area contributed by atoms with Crippen LogP contribution in [0.3, 0.4) is 0 Å². The number of nitrogens with two attached hydrogens (primary N) is 1. The highest BCUT2D eigenvalue weighted by molar-refractivity contribution is 7.98. The van der Waals surface area contributed by atoms with Crippen LogP contribution in [-0.2, 0) is 5.75 Å². The van der Waals surface area contributed by atoms with Gasteiger partial charge < -0.3 is 5.73 Å². The molecule has 3 aromatic rings. The van der Waals surface area contributed by atoms with Gasteiger partial charge in [0.1, 0.15) is 12.1 Å². The summed E-state index contributed by atoms with van der Waals surface area (Å²) in [6, 6.07) is 17.4. The quantitative estimate of drug-likeness (QED) is 0.483. The first-order valence-corrected chi connectivity index (χ1v) is 9.77. The van der Waals surface area contributed by atoms with E-state index < -0.39 is 0 Å². The number of hydrogen-bond acceptors (Lipinski definition) is 4. The van der Waals surface area contributed by atoms with Gasteiger partial charge in [0.15, 0.2) is 0 Å². The average molecular weight is 408 g/mol. The third kappa shape index (κ3) is 2.74. The minimum Gasteiger partial charge on any atom is -0.397 e. The molecule has 0 saturated carbocycles. The van der Waals surface area contributed by atoms with Crippen LogP contribution >= 0.6 is 35.0 Å². The molecule has 0 amide bonds. The Morgan fingerprint density at radius 2 is 1.59 bits per heavy atom. The van der Waals surface area contributed by atoms with Crippen LogP contribution in [0.1, 0.15) is 16.7 Å². The molecule has 1 aliphatic rings. The summed E-state index contributed by atoms with van der Waals surface area (Å²) in [5.41, 5.74) is 11.1. The molecule has 130 valence electrons. The molecule has 1 aliphatic heterocycles. The van der Waals surface area contributed by atoms with Crippen LogP contribution < -0.4 is 5.73 Å². The van der Waals surface area contributed by atoms with Crippen molar-refractivity contribution in [3.05, 3.63) is 69.2 Å². The molecule has 6 heteroatoms. The zero-order valence-corrected chi connectivity index (χ0v) is 16.2. The lowest BCUT2D eigenvalue weighted by molar-refractivity contribution is 1.29. The molecule has 27 heavy (non-hydrogen) atoms. The van der Waals surface area contributed by atoms with Gasteiger partial charge >= 0.3 is 0 Å². The first-order chi connectivity index (χ1) is 13.1.